The predicted octanol–water partition coefficient (Wildman–Crippen LogP) is 2.22. The maximum Gasteiger partial charge on any atom is 0.249 e. The standard InChI is InChI=1S/C17H21FN4O2/c1-9-6-12(4-5-14(9)18)15-21-17(24-22-15)11(3)20-16(23)10(2)13-7-19-8-13/h4-6,10-11,13,19H,7-8H2,1-3H3,(H,20,23). The molecular formula is C17H21FN4O2. The van der Waals surface area contributed by atoms with Crippen LogP contribution in [0.2, 0.25) is 0 Å². The summed E-state index contributed by atoms with van der Waals surface area (Å²) in [4.78, 5) is 16.6. The van der Waals surface area contributed by atoms with Crippen molar-refractivity contribution in [2.75, 3.05) is 13.1 Å². The van der Waals surface area contributed by atoms with Crippen LogP contribution < -0.4 is 10.6 Å². The first-order valence-electron chi connectivity index (χ1n) is 8.07. The lowest BCUT2D eigenvalue weighted by molar-refractivity contribution is -0.127. The van der Waals surface area contributed by atoms with Crippen molar-refractivity contribution in [2.24, 2.45) is 11.8 Å². The summed E-state index contributed by atoms with van der Waals surface area (Å²) in [5, 5.41) is 9.99. The zero-order chi connectivity index (χ0) is 17.3. The second-order valence-corrected chi connectivity index (χ2v) is 6.36. The van der Waals surface area contributed by atoms with Crippen molar-refractivity contribution < 1.29 is 13.7 Å². The van der Waals surface area contributed by atoms with E-state index in [2.05, 4.69) is 20.8 Å². The summed E-state index contributed by atoms with van der Waals surface area (Å²) in [6.45, 7) is 7.15. The summed E-state index contributed by atoms with van der Waals surface area (Å²) in [5.41, 5.74) is 1.19. The number of rotatable bonds is 5. The van der Waals surface area contributed by atoms with Gasteiger partial charge in [-0.1, -0.05) is 12.1 Å². The van der Waals surface area contributed by atoms with Crippen LogP contribution in [-0.4, -0.2) is 29.1 Å². The van der Waals surface area contributed by atoms with E-state index in [4.69, 9.17) is 4.52 Å². The summed E-state index contributed by atoms with van der Waals surface area (Å²) in [7, 11) is 0. The fourth-order valence-electron chi connectivity index (χ4n) is 2.60. The SMILES string of the molecule is Cc1cc(-c2noc(C(C)NC(=O)C(C)C3CNC3)n2)ccc1F. The van der Waals surface area contributed by atoms with Gasteiger partial charge in [-0.2, -0.15) is 4.98 Å². The molecule has 0 aliphatic carbocycles. The first kappa shape index (κ1) is 16.6. The fraction of sp³-hybridized carbons (Fsp3) is 0.471. The third kappa shape index (κ3) is 3.31. The third-order valence-electron chi connectivity index (χ3n) is 4.52. The van der Waals surface area contributed by atoms with Crippen molar-refractivity contribution in [3.8, 4) is 11.4 Å². The normalized spacial score (nSPS) is 17.2. The minimum absolute atomic E-state index is 0.0219. The molecule has 0 spiro atoms. The van der Waals surface area contributed by atoms with Crippen LogP contribution >= 0.6 is 0 Å². The van der Waals surface area contributed by atoms with E-state index in [9.17, 15) is 9.18 Å². The van der Waals surface area contributed by atoms with Gasteiger partial charge in [-0.15, -0.1) is 0 Å². The molecule has 1 aliphatic heterocycles. The molecule has 24 heavy (non-hydrogen) atoms. The number of amides is 1. The largest absolute Gasteiger partial charge is 0.344 e. The molecule has 2 heterocycles. The van der Waals surface area contributed by atoms with Crippen molar-refractivity contribution in [2.45, 2.75) is 26.8 Å². The number of hydrogen-bond acceptors (Lipinski definition) is 5. The Morgan fingerprint density at radius 1 is 1.42 bits per heavy atom. The van der Waals surface area contributed by atoms with Crippen molar-refractivity contribution in [3.05, 3.63) is 35.5 Å². The first-order valence-corrected chi connectivity index (χ1v) is 8.07. The molecule has 2 unspecified atom stereocenters. The first-order chi connectivity index (χ1) is 11.5. The molecule has 2 aromatic rings. The van der Waals surface area contributed by atoms with Crippen LogP contribution in [0.1, 0.15) is 31.3 Å². The number of nitrogens with zero attached hydrogens (tertiary/aromatic N) is 2. The molecule has 1 aliphatic rings. The molecule has 7 heteroatoms. The monoisotopic (exact) mass is 332 g/mol. The van der Waals surface area contributed by atoms with E-state index in [1.165, 1.54) is 6.07 Å². The average molecular weight is 332 g/mol. The van der Waals surface area contributed by atoms with Crippen LogP contribution in [0, 0.1) is 24.6 Å². The zero-order valence-corrected chi connectivity index (χ0v) is 14.0. The van der Waals surface area contributed by atoms with Gasteiger partial charge < -0.3 is 15.2 Å². The molecule has 1 saturated heterocycles. The lowest BCUT2D eigenvalue weighted by atomic mass is 9.88. The van der Waals surface area contributed by atoms with E-state index in [1.807, 2.05) is 6.92 Å². The summed E-state index contributed by atoms with van der Waals surface area (Å²) < 4.78 is 18.6. The Balaban J connectivity index is 1.67. The van der Waals surface area contributed by atoms with Gasteiger partial charge in [0.2, 0.25) is 17.6 Å². The summed E-state index contributed by atoms with van der Waals surface area (Å²) in [6.07, 6.45) is 0. The smallest absolute Gasteiger partial charge is 0.249 e. The minimum atomic E-state index is -0.379. The van der Waals surface area contributed by atoms with Gasteiger partial charge in [0.15, 0.2) is 0 Å². The molecule has 2 N–H and O–H groups in total. The maximum atomic E-state index is 13.3. The lowest BCUT2D eigenvalue weighted by Gasteiger charge is -2.32. The highest BCUT2D eigenvalue weighted by Crippen LogP contribution is 2.22. The molecule has 3 rings (SSSR count). The van der Waals surface area contributed by atoms with Crippen LogP contribution in [0.15, 0.2) is 22.7 Å². The predicted molar refractivity (Wildman–Crippen MR) is 86.5 cm³/mol. The second-order valence-electron chi connectivity index (χ2n) is 6.36. The van der Waals surface area contributed by atoms with Crippen LogP contribution in [0.4, 0.5) is 4.39 Å². The van der Waals surface area contributed by atoms with Gasteiger partial charge in [0, 0.05) is 11.5 Å². The van der Waals surface area contributed by atoms with Gasteiger partial charge in [0.05, 0.1) is 0 Å². The van der Waals surface area contributed by atoms with Crippen molar-refractivity contribution >= 4 is 5.91 Å². The molecule has 0 bridgehead atoms. The molecule has 0 radical (unpaired) electrons. The quantitative estimate of drug-likeness (QED) is 0.877. The maximum absolute atomic E-state index is 13.3. The zero-order valence-electron chi connectivity index (χ0n) is 14.0. The molecule has 1 aromatic carbocycles. The van der Waals surface area contributed by atoms with E-state index >= 15 is 0 Å². The Morgan fingerprint density at radius 3 is 2.79 bits per heavy atom. The Hall–Kier alpha value is -2.28. The summed E-state index contributed by atoms with van der Waals surface area (Å²) in [6, 6.07) is 4.26. The fourth-order valence-corrected chi connectivity index (χ4v) is 2.60. The van der Waals surface area contributed by atoms with E-state index in [1.54, 1.807) is 26.0 Å². The molecular weight excluding hydrogens is 311 g/mol. The van der Waals surface area contributed by atoms with E-state index in [-0.39, 0.29) is 23.7 Å². The van der Waals surface area contributed by atoms with Gasteiger partial charge in [0.1, 0.15) is 11.9 Å². The number of aryl methyl sites for hydroxylation is 1. The third-order valence-corrected chi connectivity index (χ3v) is 4.52. The van der Waals surface area contributed by atoms with Crippen molar-refractivity contribution in [1.29, 1.82) is 0 Å². The molecule has 1 fully saturated rings. The average Bonchev–Trinajstić information content (AvgIpc) is 2.98. The van der Waals surface area contributed by atoms with Crippen LogP contribution in [0.3, 0.4) is 0 Å². The van der Waals surface area contributed by atoms with E-state index < -0.39 is 0 Å². The molecule has 1 amide bonds. The molecule has 128 valence electrons. The van der Waals surface area contributed by atoms with E-state index in [0.717, 1.165) is 13.1 Å². The number of benzene rings is 1. The Labute approximate surface area is 139 Å². The van der Waals surface area contributed by atoms with Gasteiger partial charge in [0.25, 0.3) is 0 Å². The topological polar surface area (TPSA) is 80.0 Å². The number of nitrogens with one attached hydrogen (secondary N) is 2. The van der Waals surface area contributed by atoms with Crippen LogP contribution in [0.25, 0.3) is 11.4 Å². The van der Waals surface area contributed by atoms with Crippen LogP contribution in [0.5, 0.6) is 0 Å². The number of aromatic nitrogens is 2. The molecule has 0 saturated carbocycles. The number of carbonyl (C=O) groups excluding carboxylic acids is 1. The molecule has 6 nitrogen and oxygen atoms in total. The highest BCUT2D eigenvalue weighted by atomic mass is 19.1. The van der Waals surface area contributed by atoms with Gasteiger partial charge >= 0.3 is 0 Å². The highest BCUT2D eigenvalue weighted by Gasteiger charge is 2.30. The Bertz CT molecular complexity index is 742. The van der Waals surface area contributed by atoms with Gasteiger partial charge in [-0.3, -0.25) is 4.79 Å². The number of carbonyl (C=O) groups is 1. The van der Waals surface area contributed by atoms with Gasteiger partial charge in [-0.05, 0) is 56.6 Å². The second kappa shape index (κ2) is 6.68. The number of halogens is 1. The minimum Gasteiger partial charge on any atom is -0.344 e. The van der Waals surface area contributed by atoms with Crippen molar-refractivity contribution in [3.63, 3.8) is 0 Å². The summed E-state index contributed by atoms with van der Waals surface area (Å²) >= 11 is 0. The van der Waals surface area contributed by atoms with Crippen molar-refractivity contribution in [1.82, 2.24) is 20.8 Å². The lowest BCUT2D eigenvalue weighted by Crippen LogP contribution is -2.49. The highest BCUT2D eigenvalue weighted by molar-refractivity contribution is 5.79. The molecule has 2 atom stereocenters. The molecule has 1 aromatic heterocycles. The van der Waals surface area contributed by atoms with Crippen LogP contribution in [-0.2, 0) is 4.79 Å². The van der Waals surface area contributed by atoms with Gasteiger partial charge in [-0.25, -0.2) is 4.39 Å². The Morgan fingerprint density at radius 2 is 2.17 bits per heavy atom. The Kier molecular flexibility index (Phi) is 4.62. The van der Waals surface area contributed by atoms with E-state index in [0.29, 0.717) is 28.8 Å². The number of hydrogen-bond donors (Lipinski definition) is 2. The summed E-state index contributed by atoms with van der Waals surface area (Å²) in [5.74, 6) is 0.729.